The number of aromatic carboxylic acids is 1. The van der Waals surface area contributed by atoms with Crippen molar-refractivity contribution in [3.63, 3.8) is 0 Å². The highest BCUT2D eigenvalue weighted by Gasteiger charge is 2.30. The average Bonchev–Trinajstić information content (AvgIpc) is 2.73. The van der Waals surface area contributed by atoms with Gasteiger partial charge in [0.05, 0.1) is 0 Å². The molecule has 0 aliphatic carbocycles. The van der Waals surface area contributed by atoms with E-state index in [1.165, 1.54) is 11.2 Å². The van der Waals surface area contributed by atoms with Gasteiger partial charge in [-0.2, -0.15) is 4.31 Å². The van der Waals surface area contributed by atoms with E-state index in [0.717, 1.165) is 11.6 Å². The lowest BCUT2D eigenvalue weighted by molar-refractivity contribution is 0.0661. The largest absolute Gasteiger partial charge is 0.475 e. The van der Waals surface area contributed by atoms with Crippen LogP contribution in [0.15, 0.2) is 27.0 Å². The molecule has 19 heavy (non-hydrogen) atoms. The standard InChI is InChI=1S/C12H15NO5S/c1-8-3-5-13(6-4-8)19(16,17)11-7-10(12(14)15)18-9(11)2/h3,7H,4-6H2,1-2H3,(H,14,15). The summed E-state index contributed by atoms with van der Waals surface area (Å²) in [5, 5.41) is 8.82. The van der Waals surface area contributed by atoms with Gasteiger partial charge < -0.3 is 9.52 Å². The molecule has 1 aliphatic heterocycles. The lowest BCUT2D eigenvalue weighted by atomic mass is 10.1. The van der Waals surface area contributed by atoms with Crippen molar-refractivity contribution in [3.8, 4) is 0 Å². The summed E-state index contributed by atoms with van der Waals surface area (Å²) in [6.45, 7) is 4.11. The molecule has 0 atom stereocenters. The van der Waals surface area contributed by atoms with Gasteiger partial charge in [0.15, 0.2) is 0 Å². The molecule has 1 N–H and O–H groups in total. The number of hydrogen-bond acceptors (Lipinski definition) is 4. The Labute approximate surface area is 111 Å². The highest BCUT2D eigenvalue weighted by Crippen LogP contribution is 2.25. The van der Waals surface area contributed by atoms with Crippen LogP contribution in [-0.4, -0.2) is 36.9 Å². The van der Waals surface area contributed by atoms with Crippen LogP contribution in [0.1, 0.15) is 29.7 Å². The number of rotatable bonds is 3. The number of hydrogen-bond donors (Lipinski definition) is 1. The van der Waals surface area contributed by atoms with Gasteiger partial charge in [-0.05, 0) is 20.3 Å². The quantitative estimate of drug-likeness (QED) is 0.853. The second-order valence-electron chi connectivity index (χ2n) is 4.50. The van der Waals surface area contributed by atoms with Crippen LogP contribution in [-0.2, 0) is 10.0 Å². The molecule has 0 fully saturated rings. The van der Waals surface area contributed by atoms with Crippen molar-refractivity contribution in [2.24, 2.45) is 0 Å². The van der Waals surface area contributed by atoms with E-state index in [4.69, 9.17) is 9.52 Å². The monoisotopic (exact) mass is 285 g/mol. The second-order valence-corrected chi connectivity index (χ2v) is 6.41. The predicted molar refractivity (Wildman–Crippen MR) is 67.5 cm³/mol. The zero-order valence-corrected chi connectivity index (χ0v) is 11.5. The van der Waals surface area contributed by atoms with E-state index in [1.807, 2.05) is 13.0 Å². The molecule has 1 aliphatic rings. The van der Waals surface area contributed by atoms with E-state index in [-0.39, 0.29) is 16.4 Å². The molecule has 2 heterocycles. The third kappa shape index (κ3) is 2.57. The third-order valence-corrected chi connectivity index (χ3v) is 5.07. The van der Waals surface area contributed by atoms with Gasteiger partial charge in [-0.1, -0.05) is 11.6 Å². The van der Waals surface area contributed by atoms with E-state index in [1.54, 1.807) is 0 Å². The van der Waals surface area contributed by atoms with E-state index in [2.05, 4.69) is 0 Å². The van der Waals surface area contributed by atoms with Gasteiger partial charge in [-0.15, -0.1) is 0 Å². The van der Waals surface area contributed by atoms with Gasteiger partial charge >= 0.3 is 5.97 Å². The molecule has 0 unspecified atom stereocenters. The van der Waals surface area contributed by atoms with Crippen molar-refractivity contribution in [2.75, 3.05) is 13.1 Å². The summed E-state index contributed by atoms with van der Waals surface area (Å²) >= 11 is 0. The Morgan fingerprint density at radius 2 is 2.11 bits per heavy atom. The third-order valence-electron chi connectivity index (χ3n) is 3.10. The lowest BCUT2D eigenvalue weighted by Crippen LogP contribution is -2.34. The normalized spacial score (nSPS) is 17.3. The molecule has 1 aromatic rings. The van der Waals surface area contributed by atoms with Crippen LogP contribution in [0.3, 0.4) is 0 Å². The number of furan rings is 1. The molecule has 2 rings (SSSR count). The number of carbonyl (C=O) groups is 1. The molecule has 0 saturated carbocycles. The molecule has 1 aromatic heterocycles. The first kappa shape index (κ1) is 13.8. The fraction of sp³-hybridized carbons (Fsp3) is 0.417. The van der Waals surface area contributed by atoms with Gasteiger partial charge in [0.1, 0.15) is 10.7 Å². The minimum Gasteiger partial charge on any atom is -0.475 e. The van der Waals surface area contributed by atoms with Crippen molar-refractivity contribution >= 4 is 16.0 Å². The summed E-state index contributed by atoms with van der Waals surface area (Å²) in [6.07, 6.45) is 2.54. The molecular weight excluding hydrogens is 270 g/mol. The van der Waals surface area contributed by atoms with Crippen LogP contribution in [0, 0.1) is 6.92 Å². The molecule has 0 saturated heterocycles. The second kappa shape index (κ2) is 4.82. The molecule has 7 heteroatoms. The van der Waals surface area contributed by atoms with Gasteiger partial charge in [-0.25, -0.2) is 13.2 Å². The SMILES string of the molecule is CC1=CCN(S(=O)(=O)c2cc(C(=O)O)oc2C)CC1. The van der Waals surface area contributed by atoms with Crippen LogP contribution >= 0.6 is 0 Å². The zero-order chi connectivity index (χ0) is 14.2. The Bertz CT molecular complexity index is 641. The summed E-state index contributed by atoms with van der Waals surface area (Å²) in [6, 6.07) is 1.07. The van der Waals surface area contributed by atoms with Gasteiger partial charge in [0.2, 0.25) is 15.8 Å². The fourth-order valence-electron chi connectivity index (χ4n) is 1.94. The molecule has 0 aromatic carbocycles. The number of carboxylic acids is 1. The average molecular weight is 285 g/mol. The van der Waals surface area contributed by atoms with E-state index in [9.17, 15) is 13.2 Å². The first-order valence-corrected chi connectivity index (χ1v) is 7.26. The van der Waals surface area contributed by atoms with E-state index in [0.29, 0.717) is 19.5 Å². The Balaban J connectivity index is 2.37. The van der Waals surface area contributed by atoms with Crippen LogP contribution in [0.4, 0.5) is 0 Å². The predicted octanol–water partition coefficient (Wildman–Crippen LogP) is 1.63. The summed E-state index contributed by atoms with van der Waals surface area (Å²) in [5.41, 5.74) is 1.15. The van der Waals surface area contributed by atoms with E-state index < -0.39 is 16.0 Å². The molecule has 0 radical (unpaired) electrons. The Morgan fingerprint density at radius 3 is 2.58 bits per heavy atom. The van der Waals surface area contributed by atoms with Crippen LogP contribution in [0.25, 0.3) is 0 Å². The van der Waals surface area contributed by atoms with Gasteiger partial charge in [0.25, 0.3) is 0 Å². The van der Waals surface area contributed by atoms with Crippen molar-refractivity contribution in [2.45, 2.75) is 25.2 Å². The fourth-order valence-corrected chi connectivity index (χ4v) is 3.48. The molecular formula is C12H15NO5S. The minimum absolute atomic E-state index is 0.0714. The molecule has 0 amide bonds. The summed E-state index contributed by atoms with van der Waals surface area (Å²) in [4.78, 5) is 10.7. The highest BCUT2D eigenvalue weighted by molar-refractivity contribution is 7.89. The van der Waals surface area contributed by atoms with Crippen molar-refractivity contribution in [3.05, 3.63) is 29.2 Å². The smallest absolute Gasteiger partial charge is 0.371 e. The van der Waals surface area contributed by atoms with Crippen molar-refractivity contribution in [1.29, 1.82) is 0 Å². The maximum Gasteiger partial charge on any atom is 0.371 e. The lowest BCUT2D eigenvalue weighted by Gasteiger charge is -2.24. The van der Waals surface area contributed by atoms with Crippen LogP contribution < -0.4 is 0 Å². The maximum atomic E-state index is 12.4. The zero-order valence-electron chi connectivity index (χ0n) is 10.7. The maximum absolute atomic E-state index is 12.4. The minimum atomic E-state index is -3.70. The van der Waals surface area contributed by atoms with E-state index >= 15 is 0 Å². The summed E-state index contributed by atoms with van der Waals surface area (Å²) < 4.78 is 31.1. The van der Waals surface area contributed by atoms with Crippen molar-refractivity contribution < 1.29 is 22.7 Å². The van der Waals surface area contributed by atoms with Crippen LogP contribution in [0.2, 0.25) is 0 Å². The first-order valence-electron chi connectivity index (χ1n) is 5.82. The molecule has 104 valence electrons. The number of carboxylic acid groups (broad SMARTS) is 1. The highest BCUT2D eigenvalue weighted by atomic mass is 32.2. The number of sulfonamides is 1. The Kier molecular flexibility index (Phi) is 3.51. The molecule has 6 nitrogen and oxygen atoms in total. The Hall–Kier alpha value is -1.60. The van der Waals surface area contributed by atoms with Crippen molar-refractivity contribution in [1.82, 2.24) is 4.31 Å². The molecule has 0 bridgehead atoms. The number of aryl methyl sites for hydroxylation is 1. The van der Waals surface area contributed by atoms with Crippen LogP contribution in [0.5, 0.6) is 0 Å². The topological polar surface area (TPSA) is 87.8 Å². The summed E-state index contributed by atoms with van der Waals surface area (Å²) in [7, 11) is -3.70. The van der Waals surface area contributed by atoms with Gasteiger partial charge in [-0.3, -0.25) is 0 Å². The Morgan fingerprint density at radius 1 is 1.42 bits per heavy atom. The first-order chi connectivity index (χ1) is 8.82. The van der Waals surface area contributed by atoms with Gasteiger partial charge in [0, 0.05) is 19.2 Å². The number of nitrogens with zero attached hydrogens (tertiary/aromatic N) is 1. The molecule has 0 spiro atoms. The summed E-state index contributed by atoms with van der Waals surface area (Å²) in [5.74, 6) is -1.54.